The predicted octanol–water partition coefficient (Wildman–Crippen LogP) is 7.42. The van der Waals surface area contributed by atoms with Crippen molar-refractivity contribution in [3.05, 3.63) is 35.9 Å². The van der Waals surface area contributed by atoms with E-state index in [4.69, 9.17) is 18.9 Å². The number of carbonyl (C=O) groups is 4. The number of hydrogen-bond acceptors (Lipinski definition) is 8. The van der Waals surface area contributed by atoms with Crippen molar-refractivity contribution in [3.63, 3.8) is 0 Å². The fourth-order valence-corrected chi connectivity index (χ4v) is 9.80. The molecule has 8 heteroatoms. The number of benzene rings is 1. The van der Waals surface area contributed by atoms with Crippen LogP contribution in [-0.2, 0) is 39.9 Å². The highest BCUT2D eigenvalue weighted by atomic mass is 16.8. The summed E-state index contributed by atoms with van der Waals surface area (Å²) in [5, 5.41) is 0. The van der Waals surface area contributed by atoms with Crippen LogP contribution in [0.4, 0.5) is 4.79 Å². The highest BCUT2D eigenvalue weighted by Gasteiger charge is 2.61. The van der Waals surface area contributed by atoms with Gasteiger partial charge < -0.3 is 18.9 Å². The van der Waals surface area contributed by atoms with E-state index >= 15 is 0 Å². The molecule has 0 radical (unpaired) electrons. The molecule has 0 heterocycles. The van der Waals surface area contributed by atoms with Crippen molar-refractivity contribution < 1.29 is 38.1 Å². The molecule has 0 saturated heterocycles. The van der Waals surface area contributed by atoms with Gasteiger partial charge in [-0.2, -0.15) is 0 Å². The average molecular weight is 611 g/mol. The Kier molecular flexibility index (Phi) is 10.1. The zero-order valence-corrected chi connectivity index (χ0v) is 26.9. The Labute approximate surface area is 261 Å². The lowest BCUT2D eigenvalue weighted by atomic mass is 9.44. The lowest BCUT2D eigenvalue weighted by Gasteiger charge is -2.61. The van der Waals surface area contributed by atoms with E-state index in [9.17, 15) is 19.2 Å². The first-order chi connectivity index (χ1) is 21.0. The lowest BCUT2D eigenvalue weighted by Crippen LogP contribution is -2.54. The number of hydrogen-bond donors (Lipinski definition) is 0. The summed E-state index contributed by atoms with van der Waals surface area (Å²) in [5.74, 6) is 1.92. The molecule has 4 fully saturated rings. The predicted molar refractivity (Wildman–Crippen MR) is 163 cm³/mol. The molecule has 0 spiro atoms. The number of Topliss-reactive ketones (excluding diaryl/α,β-unsaturated/α-hetero) is 1. The summed E-state index contributed by atoms with van der Waals surface area (Å²) in [6.07, 6.45) is 8.68. The fourth-order valence-electron chi connectivity index (χ4n) is 9.80. The minimum Gasteiger partial charge on any atom is -0.461 e. The highest BCUT2D eigenvalue weighted by molar-refractivity contribution is 5.79. The average Bonchev–Trinajstić information content (AvgIpc) is 3.34. The van der Waals surface area contributed by atoms with Crippen LogP contribution in [0.15, 0.2) is 30.3 Å². The van der Waals surface area contributed by atoms with Crippen molar-refractivity contribution in [3.8, 4) is 0 Å². The van der Waals surface area contributed by atoms with Gasteiger partial charge in [-0.1, -0.05) is 51.1 Å². The second-order valence-corrected chi connectivity index (χ2v) is 14.6. The number of esters is 2. The third kappa shape index (κ3) is 6.99. The second kappa shape index (κ2) is 13.6. The van der Waals surface area contributed by atoms with Crippen LogP contribution in [-0.4, -0.2) is 36.8 Å². The smallest absolute Gasteiger partial charge is 0.461 e. The standard InChI is InChI=1S/C36H50O8/c1-23(18-32(38)41-21-25-8-6-5-7-9-25)19-33(39)42-22-43-34(40)44-27-14-16-35(3)26(20-27)10-11-28-30-13-12-29(24(2)37)36(30,4)17-15-31(28)35/h5-9,23,26-31H,10-22H2,1-4H3/t23?,26-,27+,28-,29+,30-,31-,35-,36+/m0/s1. The summed E-state index contributed by atoms with van der Waals surface area (Å²) in [5.41, 5.74) is 1.30. The second-order valence-electron chi connectivity index (χ2n) is 14.6. The first-order valence-electron chi connectivity index (χ1n) is 16.7. The molecule has 242 valence electrons. The lowest BCUT2D eigenvalue weighted by molar-refractivity contribution is -0.157. The summed E-state index contributed by atoms with van der Waals surface area (Å²) in [6, 6.07) is 9.41. The zero-order valence-electron chi connectivity index (χ0n) is 26.9. The Morgan fingerprint density at radius 2 is 1.50 bits per heavy atom. The molecule has 0 aliphatic heterocycles. The van der Waals surface area contributed by atoms with Gasteiger partial charge in [0.25, 0.3) is 0 Å². The molecule has 9 atom stereocenters. The van der Waals surface area contributed by atoms with Gasteiger partial charge in [-0.05, 0) is 111 Å². The molecule has 1 aromatic rings. The van der Waals surface area contributed by atoms with E-state index in [0.717, 1.165) is 44.1 Å². The van der Waals surface area contributed by atoms with Crippen molar-refractivity contribution in [2.75, 3.05) is 6.79 Å². The maximum absolute atomic E-state index is 12.4. The number of ether oxygens (including phenoxy) is 4. The minimum atomic E-state index is -0.813. The maximum Gasteiger partial charge on any atom is 0.511 e. The number of ketones is 1. The van der Waals surface area contributed by atoms with Crippen LogP contribution in [0.1, 0.15) is 104 Å². The molecule has 1 aromatic carbocycles. The molecule has 4 aliphatic rings. The Balaban J connectivity index is 1.01. The van der Waals surface area contributed by atoms with Crippen LogP contribution >= 0.6 is 0 Å². The summed E-state index contributed by atoms with van der Waals surface area (Å²) >= 11 is 0. The van der Waals surface area contributed by atoms with Crippen LogP contribution in [0.2, 0.25) is 0 Å². The van der Waals surface area contributed by atoms with Crippen molar-refractivity contribution in [2.24, 2.45) is 46.3 Å². The number of rotatable bonds is 10. The van der Waals surface area contributed by atoms with Gasteiger partial charge in [0.05, 0.1) is 0 Å². The Morgan fingerprint density at radius 3 is 2.23 bits per heavy atom. The van der Waals surface area contributed by atoms with E-state index in [2.05, 4.69) is 13.8 Å². The third-order valence-corrected chi connectivity index (χ3v) is 12.0. The van der Waals surface area contributed by atoms with Crippen LogP contribution in [0, 0.1) is 46.3 Å². The minimum absolute atomic E-state index is 0.0132. The SMILES string of the molecule is CC(=O)[C@H]1CC[C@H]2[C@@H]3CC[C@H]4C[C@H](OC(=O)OCOC(=O)CC(C)CC(=O)OCc5ccccc5)CC[C@]4(C)[C@H]3CC[C@]12C. The van der Waals surface area contributed by atoms with Gasteiger partial charge >= 0.3 is 18.1 Å². The van der Waals surface area contributed by atoms with Crippen molar-refractivity contribution in [1.29, 1.82) is 0 Å². The molecule has 8 nitrogen and oxygen atoms in total. The van der Waals surface area contributed by atoms with E-state index in [-0.39, 0.29) is 54.2 Å². The molecule has 4 saturated carbocycles. The third-order valence-electron chi connectivity index (χ3n) is 12.0. The Morgan fingerprint density at radius 1 is 0.818 bits per heavy atom. The van der Waals surface area contributed by atoms with Gasteiger partial charge in [-0.25, -0.2) is 4.79 Å². The van der Waals surface area contributed by atoms with E-state index in [1.165, 1.54) is 19.3 Å². The summed E-state index contributed by atoms with van der Waals surface area (Å²) in [6.45, 7) is 8.09. The highest BCUT2D eigenvalue weighted by Crippen LogP contribution is 2.67. The van der Waals surface area contributed by atoms with Gasteiger partial charge in [0.15, 0.2) is 0 Å². The summed E-state index contributed by atoms with van der Waals surface area (Å²) < 4.78 is 21.1. The molecule has 0 bridgehead atoms. The summed E-state index contributed by atoms with van der Waals surface area (Å²) in [7, 11) is 0. The molecule has 0 N–H and O–H groups in total. The number of carbonyl (C=O) groups excluding carboxylic acids is 4. The topological polar surface area (TPSA) is 105 Å². The van der Waals surface area contributed by atoms with E-state index in [1.54, 1.807) is 13.8 Å². The van der Waals surface area contributed by atoms with Gasteiger partial charge in [0.2, 0.25) is 6.79 Å². The largest absolute Gasteiger partial charge is 0.511 e. The van der Waals surface area contributed by atoms with Crippen molar-refractivity contribution in [1.82, 2.24) is 0 Å². The molecular formula is C36H50O8. The molecule has 44 heavy (non-hydrogen) atoms. The quantitative estimate of drug-likeness (QED) is 0.153. The molecule has 0 amide bonds. The summed E-state index contributed by atoms with van der Waals surface area (Å²) in [4.78, 5) is 49.2. The Hall–Kier alpha value is -2.90. The molecule has 4 aliphatic carbocycles. The Bertz CT molecular complexity index is 1200. The van der Waals surface area contributed by atoms with Crippen LogP contribution in [0.25, 0.3) is 0 Å². The van der Waals surface area contributed by atoms with Gasteiger partial charge in [0, 0.05) is 18.8 Å². The van der Waals surface area contributed by atoms with Gasteiger partial charge in [-0.3, -0.25) is 14.4 Å². The van der Waals surface area contributed by atoms with Crippen LogP contribution < -0.4 is 0 Å². The zero-order chi connectivity index (χ0) is 31.5. The van der Waals surface area contributed by atoms with E-state index < -0.39 is 18.9 Å². The molecular weight excluding hydrogens is 560 g/mol. The fraction of sp³-hybridized carbons (Fsp3) is 0.722. The van der Waals surface area contributed by atoms with Gasteiger partial charge in [-0.15, -0.1) is 0 Å². The maximum atomic E-state index is 12.4. The van der Waals surface area contributed by atoms with E-state index in [1.807, 2.05) is 30.3 Å². The van der Waals surface area contributed by atoms with Crippen LogP contribution in [0.5, 0.6) is 0 Å². The monoisotopic (exact) mass is 610 g/mol. The first kappa shape index (κ1) is 32.5. The van der Waals surface area contributed by atoms with E-state index in [0.29, 0.717) is 29.5 Å². The normalized spacial score (nSPS) is 34.8. The number of fused-ring (bicyclic) bond motifs is 5. The molecule has 0 aromatic heterocycles. The van der Waals surface area contributed by atoms with Crippen LogP contribution in [0.3, 0.4) is 0 Å². The van der Waals surface area contributed by atoms with Gasteiger partial charge in [0.1, 0.15) is 18.5 Å². The van der Waals surface area contributed by atoms with Crippen molar-refractivity contribution in [2.45, 2.75) is 111 Å². The first-order valence-corrected chi connectivity index (χ1v) is 16.7. The van der Waals surface area contributed by atoms with Crippen molar-refractivity contribution >= 4 is 23.9 Å². The molecule has 1 unspecified atom stereocenters. The molecule has 5 rings (SSSR count).